The summed E-state index contributed by atoms with van der Waals surface area (Å²) in [6.07, 6.45) is 0. The second-order valence-electron chi connectivity index (χ2n) is 3.04. The normalized spacial score (nSPS) is 12.7. The molecule has 0 spiro atoms. The average Bonchev–Trinajstić information content (AvgIpc) is 2.74. The Kier molecular flexibility index (Phi) is 3.17. The molecule has 1 heterocycles. The van der Waals surface area contributed by atoms with Crippen molar-refractivity contribution >= 4 is 27.3 Å². The molecule has 0 fully saturated rings. The molecule has 1 aromatic carbocycles. The van der Waals surface area contributed by atoms with Gasteiger partial charge in [0.2, 0.25) is 0 Å². The van der Waals surface area contributed by atoms with Crippen LogP contribution in [-0.4, -0.2) is 0 Å². The first-order valence-electron chi connectivity index (χ1n) is 4.31. The fourth-order valence-corrected chi connectivity index (χ4v) is 2.84. The summed E-state index contributed by atoms with van der Waals surface area (Å²) in [5, 5.41) is 1.90. The van der Waals surface area contributed by atoms with Crippen molar-refractivity contribution in [3.05, 3.63) is 57.8 Å². The maximum absolute atomic E-state index is 13.4. The van der Waals surface area contributed by atoms with Gasteiger partial charge in [-0.1, -0.05) is 22.0 Å². The Morgan fingerprint density at radius 3 is 2.67 bits per heavy atom. The van der Waals surface area contributed by atoms with Gasteiger partial charge in [0.25, 0.3) is 0 Å². The molecule has 15 heavy (non-hydrogen) atoms. The molecule has 0 aliphatic heterocycles. The molecular weight excluding hydrogens is 282 g/mol. The van der Waals surface area contributed by atoms with E-state index in [2.05, 4.69) is 15.9 Å². The van der Waals surface area contributed by atoms with Crippen molar-refractivity contribution in [3.63, 3.8) is 0 Å². The van der Waals surface area contributed by atoms with Crippen LogP contribution in [0.25, 0.3) is 0 Å². The number of benzene rings is 1. The highest BCUT2D eigenvalue weighted by molar-refractivity contribution is 9.09. The van der Waals surface area contributed by atoms with Crippen LogP contribution < -0.4 is 0 Å². The molecule has 2 aromatic rings. The van der Waals surface area contributed by atoms with Crippen molar-refractivity contribution < 1.29 is 8.78 Å². The molecule has 0 bridgehead atoms. The minimum absolute atomic E-state index is 0.284. The molecule has 0 saturated carbocycles. The van der Waals surface area contributed by atoms with Gasteiger partial charge in [0.1, 0.15) is 11.6 Å². The van der Waals surface area contributed by atoms with Crippen LogP contribution >= 0.6 is 27.3 Å². The second-order valence-corrected chi connectivity index (χ2v) is 4.94. The molecule has 0 saturated heterocycles. The summed E-state index contributed by atoms with van der Waals surface area (Å²) in [6.45, 7) is 0. The summed E-state index contributed by atoms with van der Waals surface area (Å²) in [5.41, 5.74) is 0.331. The van der Waals surface area contributed by atoms with E-state index < -0.39 is 11.6 Å². The quantitative estimate of drug-likeness (QED) is 0.713. The van der Waals surface area contributed by atoms with Crippen molar-refractivity contribution in [3.8, 4) is 0 Å². The fraction of sp³-hybridized carbons (Fsp3) is 0.0909. The fourth-order valence-electron chi connectivity index (χ4n) is 1.30. The van der Waals surface area contributed by atoms with Crippen LogP contribution in [0.3, 0.4) is 0 Å². The zero-order valence-corrected chi connectivity index (χ0v) is 9.99. The molecule has 0 aliphatic carbocycles. The zero-order chi connectivity index (χ0) is 10.8. The van der Waals surface area contributed by atoms with Crippen molar-refractivity contribution in [2.45, 2.75) is 4.83 Å². The number of rotatable bonds is 2. The van der Waals surface area contributed by atoms with E-state index in [-0.39, 0.29) is 4.83 Å². The minimum atomic E-state index is -0.424. The smallest absolute Gasteiger partial charge is 0.128 e. The lowest BCUT2D eigenvalue weighted by molar-refractivity contribution is 0.588. The third-order valence-corrected chi connectivity index (χ3v) is 4.25. The van der Waals surface area contributed by atoms with Crippen LogP contribution in [0.2, 0.25) is 0 Å². The number of halogens is 3. The number of thiophene rings is 1. The van der Waals surface area contributed by atoms with Gasteiger partial charge in [0, 0.05) is 10.4 Å². The molecule has 0 nitrogen and oxygen atoms in total. The Morgan fingerprint density at radius 1 is 1.20 bits per heavy atom. The van der Waals surface area contributed by atoms with Crippen LogP contribution in [0, 0.1) is 11.6 Å². The molecule has 2 rings (SSSR count). The molecule has 78 valence electrons. The van der Waals surface area contributed by atoms with E-state index in [1.54, 1.807) is 0 Å². The maximum Gasteiger partial charge on any atom is 0.128 e. The summed E-state index contributed by atoms with van der Waals surface area (Å²) in [6, 6.07) is 7.24. The number of alkyl halides is 1. The van der Waals surface area contributed by atoms with E-state index >= 15 is 0 Å². The molecule has 1 atom stereocenters. The highest BCUT2D eigenvalue weighted by Crippen LogP contribution is 2.35. The Hall–Kier alpha value is -0.740. The molecule has 1 aromatic heterocycles. The van der Waals surface area contributed by atoms with Crippen LogP contribution in [0.4, 0.5) is 8.78 Å². The van der Waals surface area contributed by atoms with E-state index in [1.807, 2.05) is 17.5 Å². The Labute approximate surface area is 98.7 Å². The van der Waals surface area contributed by atoms with Crippen molar-refractivity contribution in [2.75, 3.05) is 0 Å². The highest BCUT2D eigenvalue weighted by Gasteiger charge is 2.16. The largest absolute Gasteiger partial charge is 0.207 e. The third kappa shape index (κ3) is 2.26. The summed E-state index contributed by atoms with van der Waals surface area (Å²) in [5.74, 6) is -0.820. The molecule has 4 heteroatoms. The summed E-state index contributed by atoms with van der Waals surface area (Å²) >= 11 is 4.87. The van der Waals surface area contributed by atoms with E-state index in [9.17, 15) is 8.78 Å². The predicted molar refractivity (Wildman–Crippen MR) is 61.4 cm³/mol. The van der Waals surface area contributed by atoms with Gasteiger partial charge in [0.15, 0.2) is 0 Å². The highest BCUT2D eigenvalue weighted by atomic mass is 79.9. The van der Waals surface area contributed by atoms with Gasteiger partial charge in [-0.3, -0.25) is 0 Å². The molecule has 0 aliphatic rings. The first-order chi connectivity index (χ1) is 7.18. The van der Waals surface area contributed by atoms with Crippen molar-refractivity contribution in [1.29, 1.82) is 0 Å². The predicted octanol–water partition coefficient (Wildman–Crippen LogP) is 4.51. The van der Waals surface area contributed by atoms with Crippen molar-refractivity contribution in [1.82, 2.24) is 0 Å². The first-order valence-corrected chi connectivity index (χ1v) is 6.10. The molecular formula is C11H7BrF2S. The molecule has 1 unspecified atom stereocenters. The third-order valence-electron chi connectivity index (χ3n) is 2.02. The van der Waals surface area contributed by atoms with Gasteiger partial charge < -0.3 is 0 Å². The van der Waals surface area contributed by atoms with Crippen molar-refractivity contribution in [2.24, 2.45) is 0 Å². The van der Waals surface area contributed by atoms with Crippen LogP contribution in [0.1, 0.15) is 15.3 Å². The lowest BCUT2D eigenvalue weighted by atomic mass is 10.1. The number of hydrogen-bond acceptors (Lipinski definition) is 1. The van der Waals surface area contributed by atoms with Gasteiger partial charge in [-0.2, -0.15) is 0 Å². The SMILES string of the molecule is Fc1ccc(F)c(C(Br)c2cccs2)c1. The average molecular weight is 289 g/mol. The Morgan fingerprint density at radius 2 is 2.00 bits per heavy atom. The van der Waals surface area contributed by atoms with E-state index in [0.29, 0.717) is 5.56 Å². The molecule has 0 radical (unpaired) electrons. The number of hydrogen-bond donors (Lipinski definition) is 0. The van der Waals surface area contributed by atoms with Gasteiger partial charge >= 0.3 is 0 Å². The lowest BCUT2D eigenvalue weighted by Crippen LogP contribution is -1.95. The maximum atomic E-state index is 13.4. The Bertz CT molecular complexity index is 454. The Balaban J connectivity index is 2.41. The van der Waals surface area contributed by atoms with E-state index in [4.69, 9.17) is 0 Å². The standard InChI is InChI=1S/C11H7BrF2S/c12-11(10-2-1-5-15-10)8-6-7(13)3-4-9(8)14/h1-6,11H. The second kappa shape index (κ2) is 4.41. The summed E-state index contributed by atoms with van der Waals surface area (Å²) < 4.78 is 26.4. The molecule has 0 N–H and O–H groups in total. The summed E-state index contributed by atoms with van der Waals surface area (Å²) in [4.78, 5) is 0.674. The molecule has 0 amide bonds. The zero-order valence-electron chi connectivity index (χ0n) is 7.58. The van der Waals surface area contributed by atoms with Gasteiger partial charge in [-0.25, -0.2) is 8.78 Å². The lowest BCUT2D eigenvalue weighted by Gasteiger charge is -2.09. The summed E-state index contributed by atoms with van der Waals surface area (Å²) in [7, 11) is 0. The monoisotopic (exact) mass is 288 g/mol. The van der Waals surface area contributed by atoms with E-state index in [0.717, 1.165) is 17.0 Å². The van der Waals surface area contributed by atoms with Crippen LogP contribution in [0.5, 0.6) is 0 Å². The van der Waals surface area contributed by atoms with Gasteiger partial charge in [0.05, 0.1) is 4.83 Å². The topological polar surface area (TPSA) is 0 Å². The van der Waals surface area contributed by atoms with E-state index in [1.165, 1.54) is 17.4 Å². The first kappa shape index (κ1) is 10.8. The van der Waals surface area contributed by atoms with Gasteiger partial charge in [-0.05, 0) is 29.6 Å². The minimum Gasteiger partial charge on any atom is -0.207 e. The van der Waals surface area contributed by atoms with Gasteiger partial charge in [-0.15, -0.1) is 11.3 Å². The van der Waals surface area contributed by atoms with Crippen LogP contribution in [-0.2, 0) is 0 Å². The van der Waals surface area contributed by atoms with Crippen LogP contribution in [0.15, 0.2) is 35.7 Å².